The number of nitrogens with one attached hydrogen (secondary N) is 3. The van der Waals surface area contributed by atoms with Crippen LogP contribution in [0.3, 0.4) is 0 Å². The van der Waals surface area contributed by atoms with Gasteiger partial charge in [0, 0.05) is 0 Å². The number of rotatable bonds is 15. The summed E-state index contributed by atoms with van der Waals surface area (Å²) >= 11 is 4.17. The Labute approximate surface area is 295 Å². The van der Waals surface area contributed by atoms with Crippen LogP contribution < -0.4 is 25.4 Å². The van der Waals surface area contributed by atoms with Gasteiger partial charge >= 0.3 is 274 Å². The average Bonchev–Trinajstić information content (AvgIpc) is 3.51. The van der Waals surface area contributed by atoms with Crippen LogP contribution in [0.4, 0.5) is 17.3 Å². The number of aromatic nitrogens is 3. The molecule has 0 spiro atoms. The molecule has 11 nitrogen and oxygen atoms in total. The zero-order valence-corrected chi connectivity index (χ0v) is 30.3. The second kappa shape index (κ2) is 16.5. The number of nitrogens with zero attached hydrogens (tertiary/aromatic N) is 4. The summed E-state index contributed by atoms with van der Waals surface area (Å²) in [7, 11) is 0. The SMILES string of the molecule is CCOc1c(Oc2ccc(N[C](=[V])Nc3cc(C(C)(C)C)nn3-c3ccc(CCN4CCOCC4)cc3)c(SC)c2)ccnc1NC=O. The third-order valence-corrected chi connectivity index (χ3v) is 8.86. The average molecular weight is 709 g/mol. The van der Waals surface area contributed by atoms with Crippen molar-refractivity contribution in [2.75, 3.05) is 61.7 Å². The molecule has 3 N–H and O–H groups in total. The summed E-state index contributed by atoms with van der Waals surface area (Å²) in [5.74, 6) is 2.61. The topological polar surface area (TPSA) is 115 Å². The molecule has 0 atom stereocenters. The van der Waals surface area contributed by atoms with E-state index in [1.54, 1.807) is 24.0 Å². The van der Waals surface area contributed by atoms with Crippen molar-refractivity contribution in [2.24, 2.45) is 0 Å². The van der Waals surface area contributed by atoms with E-state index in [9.17, 15) is 4.79 Å². The number of hydrogen-bond donors (Lipinski definition) is 3. The van der Waals surface area contributed by atoms with E-state index in [0.717, 1.165) is 71.5 Å². The van der Waals surface area contributed by atoms with Gasteiger partial charge in [0.25, 0.3) is 0 Å². The Morgan fingerprint density at radius 3 is 2.54 bits per heavy atom. The summed E-state index contributed by atoms with van der Waals surface area (Å²) in [4.78, 5) is 18.7. The van der Waals surface area contributed by atoms with E-state index in [1.807, 2.05) is 36.1 Å². The summed E-state index contributed by atoms with van der Waals surface area (Å²) in [5, 5.41) is 14.6. The predicted molar refractivity (Wildman–Crippen MR) is 189 cm³/mol. The molecular formula is C35H43N7O4SV. The fourth-order valence-corrected chi connectivity index (χ4v) is 6.09. The first-order valence-corrected chi connectivity index (χ1v) is 17.9. The van der Waals surface area contributed by atoms with Crippen molar-refractivity contribution in [3.63, 3.8) is 0 Å². The Kier molecular flexibility index (Phi) is 12.2. The van der Waals surface area contributed by atoms with Crippen molar-refractivity contribution < 1.29 is 36.0 Å². The van der Waals surface area contributed by atoms with E-state index in [0.29, 0.717) is 36.1 Å². The van der Waals surface area contributed by atoms with Gasteiger partial charge in [0.05, 0.1) is 13.2 Å². The minimum absolute atomic E-state index is 0.126. The number of thioether (sulfide) groups is 1. The van der Waals surface area contributed by atoms with Crippen LogP contribution in [0, 0.1) is 0 Å². The van der Waals surface area contributed by atoms with Crippen molar-refractivity contribution >= 4 is 40.0 Å². The van der Waals surface area contributed by atoms with Crippen LogP contribution in [0.15, 0.2) is 65.7 Å². The fraction of sp³-hybridized carbons (Fsp3) is 0.371. The standard InChI is InChI=1S/C35H43N7O4S.V/c1-6-45-33-29(13-15-36-34(33)39-24-43)46-27-11-12-28(30(21-27)47-5)37-23-38-32-22-31(35(2,3)4)40-42(32)26-9-7-25(8-10-26)14-16-41-17-19-44-20-18-41;/h7-13,15,21-22,24,37-38H,6,14,16-20H2,1-5H3,(H,36,39,43);. The van der Waals surface area contributed by atoms with Crippen LogP contribution in [-0.2, 0) is 38.3 Å². The number of morpholine rings is 1. The van der Waals surface area contributed by atoms with E-state index in [-0.39, 0.29) is 5.41 Å². The monoisotopic (exact) mass is 708 g/mol. The van der Waals surface area contributed by atoms with Gasteiger partial charge in [0.1, 0.15) is 0 Å². The summed E-state index contributed by atoms with van der Waals surface area (Å²) in [6.07, 6.45) is 5.14. The van der Waals surface area contributed by atoms with Gasteiger partial charge in [-0.15, -0.1) is 0 Å². The Morgan fingerprint density at radius 2 is 1.85 bits per heavy atom. The van der Waals surface area contributed by atoms with Crippen LogP contribution in [0.5, 0.6) is 17.2 Å². The van der Waals surface area contributed by atoms with Crippen molar-refractivity contribution in [2.45, 2.75) is 44.4 Å². The third-order valence-electron chi connectivity index (χ3n) is 7.73. The van der Waals surface area contributed by atoms with Gasteiger partial charge in [-0.2, -0.15) is 0 Å². The zero-order valence-electron chi connectivity index (χ0n) is 28.1. The number of pyridine rings is 1. The molecule has 13 heteroatoms. The van der Waals surface area contributed by atoms with Crippen LogP contribution in [0.25, 0.3) is 5.69 Å². The minimum Gasteiger partial charge on any atom is -0.278 e. The fourth-order valence-electron chi connectivity index (χ4n) is 5.15. The van der Waals surface area contributed by atoms with Crippen LogP contribution >= 0.6 is 11.8 Å². The van der Waals surface area contributed by atoms with Gasteiger partial charge in [-0.1, -0.05) is 0 Å². The number of hydrogen-bond acceptors (Lipinski definition) is 10. The van der Waals surface area contributed by atoms with Crippen molar-refractivity contribution in [1.82, 2.24) is 19.7 Å². The van der Waals surface area contributed by atoms with Crippen LogP contribution in [0.1, 0.15) is 39.0 Å². The van der Waals surface area contributed by atoms with Gasteiger partial charge < -0.3 is 4.74 Å². The molecule has 0 bridgehead atoms. The number of benzene rings is 2. The molecule has 5 rings (SSSR count). The molecule has 0 aliphatic carbocycles. The molecule has 1 saturated heterocycles. The minimum atomic E-state index is -0.126. The van der Waals surface area contributed by atoms with Gasteiger partial charge in [-0.25, -0.2) is 0 Å². The first-order valence-electron chi connectivity index (χ1n) is 16.0. The molecular weight excluding hydrogens is 665 g/mol. The zero-order chi connectivity index (χ0) is 34.1. The van der Waals surface area contributed by atoms with Crippen LogP contribution in [0.2, 0.25) is 0 Å². The van der Waals surface area contributed by atoms with E-state index in [1.165, 1.54) is 5.56 Å². The molecule has 0 unspecified atom stereocenters. The van der Waals surface area contributed by atoms with Gasteiger partial charge in [0.2, 0.25) is 0 Å². The van der Waals surface area contributed by atoms with Crippen molar-refractivity contribution in [3.05, 3.63) is 72.1 Å². The molecule has 253 valence electrons. The van der Waals surface area contributed by atoms with Crippen molar-refractivity contribution in [3.8, 4) is 22.9 Å². The number of carbonyl (C=O) groups is 1. The van der Waals surface area contributed by atoms with Gasteiger partial charge in [0.15, 0.2) is 0 Å². The molecule has 48 heavy (non-hydrogen) atoms. The first-order chi connectivity index (χ1) is 23.2. The van der Waals surface area contributed by atoms with E-state index in [2.05, 4.69) is 93.9 Å². The molecule has 4 aromatic rings. The summed E-state index contributed by atoms with van der Waals surface area (Å²) in [6, 6.07) is 18.3. The molecule has 2 aromatic carbocycles. The third kappa shape index (κ3) is 9.21. The molecule has 1 aliphatic rings. The summed E-state index contributed by atoms with van der Waals surface area (Å²) < 4.78 is 20.2. The summed E-state index contributed by atoms with van der Waals surface area (Å²) in [6.45, 7) is 13.4. The molecule has 2 aromatic heterocycles. The molecule has 3 heterocycles. The maximum atomic E-state index is 11.1. The molecule has 0 saturated carbocycles. The van der Waals surface area contributed by atoms with Gasteiger partial charge in [-0.3, -0.25) is 4.79 Å². The van der Waals surface area contributed by atoms with Gasteiger partial charge in [-0.05, 0) is 0 Å². The molecule has 1 aliphatic heterocycles. The van der Waals surface area contributed by atoms with Crippen LogP contribution in [-0.4, -0.2) is 76.3 Å². The first kappa shape index (κ1) is 35.5. The quantitative estimate of drug-likeness (QED) is 0.0993. The Balaban J connectivity index is 1.30. The smallest absolute Gasteiger partial charge is 0.278 e. The number of amides is 1. The Morgan fingerprint density at radius 1 is 1.08 bits per heavy atom. The molecule has 1 fully saturated rings. The Bertz CT molecular complexity index is 1700. The molecule has 0 radical (unpaired) electrons. The second-order valence-corrected chi connectivity index (χ2v) is 13.7. The molecule has 1 amide bonds. The normalized spacial score (nSPS) is 13.5. The van der Waals surface area contributed by atoms with E-state index < -0.39 is 0 Å². The number of carbonyl (C=O) groups excluding carboxylic acids is 1. The summed E-state index contributed by atoms with van der Waals surface area (Å²) in [5.41, 5.74) is 4.06. The maximum absolute atomic E-state index is 11.1. The number of anilines is 3. The Hall–Kier alpha value is -3.81. The van der Waals surface area contributed by atoms with Crippen molar-refractivity contribution in [1.29, 1.82) is 0 Å². The predicted octanol–water partition coefficient (Wildman–Crippen LogP) is 6.08. The second-order valence-electron chi connectivity index (χ2n) is 12.2. The van der Waals surface area contributed by atoms with E-state index in [4.69, 9.17) is 19.3 Å². The van der Waals surface area contributed by atoms with E-state index >= 15 is 0 Å². The number of ether oxygens (including phenoxy) is 3.